The van der Waals surface area contributed by atoms with E-state index in [0.29, 0.717) is 44.3 Å². The summed E-state index contributed by atoms with van der Waals surface area (Å²) in [5.41, 5.74) is 1.01. The van der Waals surface area contributed by atoms with Crippen molar-refractivity contribution in [2.75, 3.05) is 32.7 Å². The molecule has 4 rings (SSSR count). The van der Waals surface area contributed by atoms with Crippen molar-refractivity contribution in [1.29, 1.82) is 0 Å². The summed E-state index contributed by atoms with van der Waals surface area (Å²) in [4.78, 5) is 21.1. The van der Waals surface area contributed by atoms with Gasteiger partial charge in [-0.3, -0.25) is 14.7 Å². The molecule has 1 amide bonds. The summed E-state index contributed by atoms with van der Waals surface area (Å²) >= 11 is 5.95. The molecule has 154 valence electrons. The number of likely N-dealkylation sites (tertiary alicyclic amines) is 1. The van der Waals surface area contributed by atoms with E-state index < -0.39 is 10.0 Å². The highest BCUT2D eigenvalue weighted by molar-refractivity contribution is 7.89. The molecule has 1 atom stereocenters. The largest absolute Gasteiger partial charge is 0.337 e. The van der Waals surface area contributed by atoms with Crippen LogP contribution in [0.25, 0.3) is 0 Å². The van der Waals surface area contributed by atoms with E-state index in [0.717, 1.165) is 12.0 Å². The van der Waals surface area contributed by atoms with Gasteiger partial charge in [-0.15, -0.1) is 0 Å². The number of benzene rings is 1. The number of pyridine rings is 1. The molecule has 2 aromatic rings. The lowest BCUT2D eigenvalue weighted by Crippen LogP contribution is -2.53. The van der Waals surface area contributed by atoms with Crippen molar-refractivity contribution in [3.05, 3.63) is 59.4 Å². The van der Waals surface area contributed by atoms with E-state index in [4.69, 9.17) is 11.6 Å². The first kappa shape index (κ1) is 20.3. The summed E-state index contributed by atoms with van der Waals surface area (Å²) in [5, 5.41) is 0.398. The molecule has 3 heterocycles. The van der Waals surface area contributed by atoms with Crippen LogP contribution in [-0.2, 0) is 21.4 Å². The number of sulfonamides is 1. The predicted molar refractivity (Wildman–Crippen MR) is 110 cm³/mol. The fraction of sp³-hybridized carbons (Fsp3) is 0.400. The predicted octanol–water partition coefficient (Wildman–Crippen LogP) is 1.84. The van der Waals surface area contributed by atoms with Crippen molar-refractivity contribution >= 4 is 27.5 Å². The van der Waals surface area contributed by atoms with Crippen molar-refractivity contribution in [1.82, 2.24) is 19.1 Å². The van der Waals surface area contributed by atoms with E-state index in [1.54, 1.807) is 30.6 Å². The third-order valence-corrected chi connectivity index (χ3v) is 7.64. The minimum Gasteiger partial charge on any atom is -0.337 e. The Morgan fingerprint density at radius 3 is 2.55 bits per heavy atom. The maximum atomic E-state index is 12.9. The van der Waals surface area contributed by atoms with E-state index in [2.05, 4.69) is 9.88 Å². The van der Waals surface area contributed by atoms with E-state index in [9.17, 15) is 13.2 Å². The average molecular weight is 435 g/mol. The lowest BCUT2D eigenvalue weighted by molar-refractivity contribution is -0.133. The van der Waals surface area contributed by atoms with Gasteiger partial charge in [0.25, 0.3) is 0 Å². The highest BCUT2D eigenvalue weighted by atomic mass is 35.5. The third kappa shape index (κ3) is 4.30. The molecule has 1 aromatic heterocycles. The smallest absolute Gasteiger partial charge is 0.243 e. The van der Waals surface area contributed by atoms with Crippen LogP contribution < -0.4 is 0 Å². The van der Waals surface area contributed by atoms with E-state index in [-0.39, 0.29) is 16.8 Å². The molecule has 0 radical (unpaired) electrons. The summed E-state index contributed by atoms with van der Waals surface area (Å²) in [6, 6.07) is 9.98. The molecule has 1 aromatic carbocycles. The number of hydrogen-bond acceptors (Lipinski definition) is 5. The zero-order valence-electron chi connectivity index (χ0n) is 15.9. The van der Waals surface area contributed by atoms with Crippen LogP contribution in [-0.4, -0.2) is 72.2 Å². The Labute approximate surface area is 175 Å². The normalized spacial score (nSPS) is 21.6. The minimum atomic E-state index is -3.58. The molecule has 0 saturated carbocycles. The summed E-state index contributed by atoms with van der Waals surface area (Å²) in [6.07, 6.45) is 4.26. The van der Waals surface area contributed by atoms with Gasteiger partial charge in [0.15, 0.2) is 0 Å². The average Bonchev–Trinajstić information content (AvgIpc) is 3.09. The standard InChI is InChI=1S/C20H23ClN4O3S/c21-17-4-1-5-18(13-17)29(27,28)25-11-9-23(10-12-25)19-6-8-24(20(19)26)15-16-3-2-7-22-14-16/h1-5,7,13-14,19H,6,8-12,15H2. The van der Waals surface area contributed by atoms with Gasteiger partial charge in [0, 0.05) is 56.7 Å². The second-order valence-electron chi connectivity index (χ2n) is 7.32. The first-order valence-corrected chi connectivity index (χ1v) is 11.4. The van der Waals surface area contributed by atoms with Gasteiger partial charge in [0.1, 0.15) is 0 Å². The van der Waals surface area contributed by atoms with Gasteiger partial charge in [-0.05, 0) is 36.2 Å². The molecule has 2 fully saturated rings. The van der Waals surface area contributed by atoms with Crippen LogP contribution in [0.2, 0.25) is 5.02 Å². The molecular weight excluding hydrogens is 412 g/mol. The molecule has 0 N–H and O–H groups in total. The Bertz CT molecular complexity index is 978. The maximum absolute atomic E-state index is 12.9. The zero-order valence-corrected chi connectivity index (χ0v) is 17.5. The highest BCUT2D eigenvalue weighted by Gasteiger charge is 2.38. The Morgan fingerprint density at radius 2 is 1.86 bits per heavy atom. The maximum Gasteiger partial charge on any atom is 0.243 e. The van der Waals surface area contributed by atoms with Crippen LogP contribution in [0.5, 0.6) is 0 Å². The lowest BCUT2D eigenvalue weighted by Gasteiger charge is -2.36. The molecule has 0 bridgehead atoms. The van der Waals surface area contributed by atoms with Crippen LogP contribution in [0.15, 0.2) is 53.7 Å². The van der Waals surface area contributed by atoms with Crippen LogP contribution in [0, 0.1) is 0 Å². The number of piperazine rings is 1. The lowest BCUT2D eigenvalue weighted by atomic mass is 10.2. The first-order valence-electron chi connectivity index (χ1n) is 9.62. The van der Waals surface area contributed by atoms with E-state index >= 15 is 0 Å². The molecule has 29 heavy (non-hydrogen) atoms. The molecular formula is C20H23ClN4O3S. The number of rotatable bonds is 5. The Balaban J connectivity index is 1.37. The second-order valence-corrected chi connectivity index (χ2v) is 9.70. The third-order valence-electron chi connectivity index (χ3n) is 5.51. The van der Waals surface area contributed by atoms with E-state index in [1.165, 1.54) is 10.4 Å². The van der Waals surface area contributed by atoms with Gasteiger partial charge in [0.05, 0.1) is 10.9 Å². The van der Waals surface area contributed by atoms with Gasteiger partial charge < -0.3 is 4.90 Å². The fourth-order valence-corrected chi connectivity index (χ4v) is 5.69. The van der Waals surface area contributed by atoms with Crippen molar-refractivity contribution in [3.63, 3.8) is 0 Å². The van der Waals surface area contributed by atoms with Gasteiger partial charge in [0.2, 0.25) is 15.9 Å². The summed E-state index contributed by atoms with van der Waals surface area (Å²) in [7, 11) is -3.58. The minimum absolute atomic E-state index is 0.111. The second kappa shape index (κ2) is 8.39. The summed E-state index contributed by atoms with van der Waals surface area (Å²) in [5.74, 6) is 0.111. The number of carbonyl (C=O) groups excluding carboxylic acids is 1. The summed E-state index contributed by atoms with van der Waals surface area (Å²) < 4.78 is 27.2. The van der Waals surface area contributed by atoms with Crippen LogP contribution in [0.3, 0.4) is 0 Å². The molecule has 7 nitrogen and oxygen atoms in total. The van der Waals surface area contributed by atoms with Crippen molar-refractivity contribution in [3.8, 4) is 0 Å². The highest BCUT2D eigenvalue weighted by Crippen LogP contribution is 2.24. The van der Waals surface area contributed by atoms with Crippen LogP contribution >= 0.6 is 11.6 Å². The number of amides is 1. The molecule has 2 saturated heterocycles. The van der Waals surface area contributed by atoms with Gasteiger partial charge in [-0.2, -0.15) is 4.31 Å². The first-order chi connectivity index (χ1) is 13.9. The number of halogens is 1. The van der Waals surface area contributed by atoms with Gasteiger partial charge >= 0.3 is 0 Å². The van der Waals surface area contributed by atoms with E-state index in [1.807, 2.05) is 17.0 Å². The van der Waals surface area contributed by atoms with Crippen LogP contribution in [0.4, 0.5) is 0 Å². The number of aromatic nitrogens is 1. The number of nitrogens with zero attached hydrogens (tertiary/aromatic N) is 4. The molecule has 2 aliphatic heterocycles. The molecule has 0 aliphatic carbocycles. The molecule has 2 aliphatic rings. The van der Waals surface area contributed by atoms with Gasteiger partial charge in [-0.1, -0.05) is 23.7 Å². The fourth-order valence-electron chi connectivity index (χ4n) is 3.96. The zero-order chi connectivity index (χ0) is 20.4. The Hall–Kier alpha value is -2.00. The monoisotopic (exact) mass is 434 g/mol. The van der Waals surface area contributed by atoms with Crippen molar-refractivity contribution in [2.45, 2.75) is 23.9 Å². The Morgan fingerprint density at radius 1 is 1.07 bits per heavy atom. The molecule has 0 spiro atoms. The Kier molecular flexibility index (Phi) is 5.87. The topological polar surface area (TPSA) is 73.8 Å². The SMILES string of the molecule is O=C1C(N2CCN(S(=O)(=O)c3cccc(Cl)c3)CC2)CCN1Cc1cccnc1. The van der Waals surface area contributed by atoms with Crippen molar-refractivity contribution in [2.24, 2.45) is 0 Å². The van der Waals surface area contributed by atoms with Crippen molar-refractivity contribution < 1.29 is 13.2 Å². The molecule has 1 unspecified atom stereocenters. The number of carbonyl (C=O) groups is 1. The van der Waals surface area contributed by atoms with Crippen LogP contribution in [0.1, 0.15) is 12.0 Å². The summed E-state index contributed by atoms with van der Waals surface area (Å²) in [6.45, 7) is 3.07. The number of hydrogen-bond donors (Lipinski definition) is 0. The van der Waals surface area contributed by atoms with Gasteiger partial charge in [-0.25, -0.2) is 8.42 Å². The quantitative estimate of drug-likeness (QED) is 0.718. The molecule has 9 heteroatoms.